The number of fused-ring (bicyclic) bond motifs is 1. The molecule has 118 valence electrons. The minimum absolute atomic E-state index is 0.0314. The predicted molar refractivity (Wildman–Crippen MR) is 82.4 cm³/mol. The normalized spacial score (nSPS) is 16.9. The van der Waals surface area contributed by atoms with E-state index in [0.29, 0.717) is 5.52 Å². The van der Waals surface area contributed by atoms with E-state index in [-0.39, 0.29) is 15.8 Å². The van der Waals surface area contributed by atoms with E-state index in [2.05, 4.69) is 4.72 Å². The second kappa shape index (κ2) is 4.53. The third kappa shape index (κ3) is 2.28. The van der Waals surface area contributed by atoms with E-state index in [1.165, 1.54) is 29.8 Å². The predicted octanol–water partition coefficient (Wildman–Crippen LogP) is 0.0680. The number of hydrogen-bond donors (Lipinski definition) is 1. The van der Waals surface area contributed by atoms with E-state index in [9.17, 15) is 18.0 Å². The van der Waals surface area contributed by atoms with E-state index >= 15 is 0 Å². The molecule has 1 saturated carbocycles. The van der Waals surface area contributed by atoms with Crippen molar-refractivity contribution in [1.29, 1.82) is 0 Å². The van der Waals surface area contributed by atoms with E-state index < -0.39 is 21.3 Å². The monoisotopic (exact) mass is 323 g/mol. The van der Waals surface area contributed by atoms with Crippen molar-refractivity contribution >= 4 is 20.9 Å². The fourth-order valence-electron chi connectivity index (χ4n) is 2.41. The van der Waals surface area contributed by atoms with Gasteiger partial charge < -0.3 is 0 Å². The quantitative estimate of drug-likeness (QED) is 0.865. The van der Waals surface area contributed by atoms with Gasteiger partial charge in [0.15, 0.2) is 0 Å². The van der Waals surface area contributed by atoms with Gasteiger partial charge in [-0.2, -0.15) is 0 Å². The summed E-state index contributed by atoms with van der Waals surface area (Å²) in [5.74, 6) is 0. The van der Waals surface area contributed by atoms with Gasteiger partial charge in [-0.3, -0.25) is 13.9 Å². The van der Waals surface area contributed by atoms with E-state index in [4.69, 9.17) is 0 Å². The average Bonchev–Trinajstić information content (AvgIpc) is 3.18. The summed E-state index contributed by atoms with van der Waals surface area (Å²) in [6, 6.07) is 4.22. The molecule has 0 bridgehead atoms. The molecule has 7 nitrogen and oxygen atoms in total. The number of sulfonamides is 1. The van der Waals surface area contributed by atoms with E-state index in [1.54, 1.807) is 7.05 Å². The molecule has 2 aromatic rings. The first-order valence-corrected chi connectivity index (χ1v) is 8.37. The van der Waals surface area contributed by atoms with E-state index in [0.717, 1.165) is 17.4 Å². The number of nitrogens with zero attached hydrogens (tertiary/aromatic N) is 2. The summed E-state index contributed by atoms with van der Waals surface area (Å²) < 4.78 is 29.7. The molecule has 8 heteroatoms. The highest BCUT2D eigenvalue weighted by Crippen LogP contribution is 2.36. The summed E-state index contributed by atoms with van der Waals surface area (Å²) in [5, 5.41) is 0.202. The van der Waals surface area contributed by atoms with Gasteiger partial charge in [-0.1, -0.05) is 0 Å². The van der Waals surface area contributed by atoms with Crippen LogP contribution < -0.4 is 16.0 Å². The molecule has 0 aliphatic heterocycles. The van der Waals surface area contributed by atoms with Gasteiger partial charge >= 0.3 is 5.69 Å². The fraction of sp³-hybridized carbons (Fsp3) is 0.429. The van der Waals surface area contributed by atoms with Gasteiger partial charge in [-0.25, -0.2) is 17.9 Å². The Morgan fingerprint density at radius 1 is 1.14 bits per heavy atom. The van der Waals surface area contributed by atoms with E-state index in [1.807, 2.05) is 6.92 Å². The Bertz CT molecular complexity index is 997. The lowest BCUT2D eigenvalue weighted by atomic mass is 10.2. The van der Waals surface area contributed by atoms with Crippen LogP contribution in [0.4, 0.5) is 0 Å². The third-order valence-electron chi connectivity index (χ3n) is 4.13. The molecule has 1 aromatic carbocycles. The van der Waals surface area contributed by atoms with Crippen LogP contribution in [-0.4, -0.2) is 23.1 Å². The Hall–Kier alpha value is -1.93. The maximum Gasteiger partial charge on any atom is 0.330 e. The lowest BCUT2D eigenvalue weighted by molar-refractivity contribution is 0.558. The molecule has 1 N–H and O–H groups in total. The van der Waals surface area contributed by atoms with Crippen molar-refractivity contribution in [3.8, 4) is 0 Å². The number of benzene rings is 1. The molecule has 1 aromatic heterocycles. The van der Waals surface area contributed by atoms with Crippen molar-refractivity contribution in [2.45, 2.75) is 30.2 Å². The van der Waals surface area contributed by atoms with Crippen LogP contribution in [0.1, 0.15) is 19.8 Å². The van der Waals surface area contributed by atoms with Crippen molar-refractivity contribution in [2.75, 3.05) is 0 Å². The van der Waals surface area contributed by atoms with Gasteiger partial charge in [0.25, 0.3) is 5.56 Å². The summed E-state index contributed by atoms with van der Waals surface area (Å²) in [6.07, 6.45) is 1.60. The Labute approximate surface area is 127 Å². The van der Waals surface area contributed by atoms with Gasteiger partial charge in [-0.15, -0.1) is 0 Å². The maximum absolute atomic E-state index is 12.4. The number of hydrogen-bond acceptors (Lipinski definition) is 4. The SMILES string of the molecule is Cn1c(=O)c2cc(S(=O)(=O)NC3(C)CC3)ccc2n(C)c1=O. The number of aryl methyl sites for hydroxylation is 1. The average molecular weight is 323 g/mol. The molecule has 3 rings (SSSR count). The highest BCUT2D eigenvalue weighted by atomic mass is 32.2. The summed E-state index contributed by atoms with van der Waals surface area (Å²) in [5.41, 5.74) is -0.934. The van der Waals surface area contributed by atoms with Crippen LogP contribution in [0.2, 0.25) is 0 Å². The van der Waals surface area contributed by atoms with Crippen molar-refractivity contribution in [3.05, 3.63) is 39.0 Å². The van der Waals surface area contributed by atoms with Crippen molar-refractivity contribution in [2.24, 2.45) is 14.1 Å². The van der Waals surface area contributed by atoms with Crippen LogP contribution in [0.3, 0.4) is 0 Å². The topological polar surface area (TPSA) is 90.2 Å². The summed E-state index contributed by atoms with van der Waals surface area (Å²) in [6.45, 7) is 1.84. The number of rotatable bonds is 3. The summed E-state index contributed by atoms with van der Waals surface area (Å²) in [4.78, 5) is 24.1. The third-order valence-corrected chi connectivity index (χ3v) is 5.77. The molecular weight excluding hydrogens is 306 g/mol. The highest BCUT2D eigenvalue weighted by molar-refractivity contribution is 7.89. The van der Waals surface area contributed by atoms with Gasteiger partial charge in [0.1, 0.15) is 0 Å². The molecule has 1 fully saturated rings. The maximum atomic E-state index is 12.4. The number of aromatic nitrogens is 2. The Morgan fingerprint density at radius 3 is 2.36 bits per heavy atom. The lowest BCUT2D eigenvalue weighted by Gasteiger charge is -2.13. The lowest BCUT2D eigenvalue weighted by Crippen LogP contribution is -2.37. The molecule has 0 atom stereocenters. The van der Waals surface area contributed by atoms with Crippen molar-refractivity contribution in [1.82, 2.24) is 13.9 Å². The molecule has 1 aliphatic carbocycles. The Kier molecular flexibility index (Phi) is 3.09. The van der Waals surface area contributed by atoms with Gasteiger partial charge in [0.05, 0.1) is 15.8 Å². The highest BCUT2D eigenvalue weighted by Gasteiger charge is 2.41. The largest absolute Gasteiger partial charge is 0.330 e. The number of nitrogens with one attached hydrogen (secondary N) is 1. The molecule has 0 unspecified atom stereocenters. The van der Waals surface area contributed by atoms with Gasteiger partial charge in [0, 0.05) is 19.6 Å². The van der Waals surface area contributed by atoms with Crippen LogP contribution in [0.5, 0.6) is 0 Å². The van der Waals surface area contributed by atoms with Gasteiger partial charge in [-0.05, 0) is 38.0 Å². The summed E-state index contributed by atoms with van der Waals surface area (Å²) >= 11 is 0. The Morgan fingerprint density at radius 2 is 1.77 bits per heavy atom. The molecular formula is C14H17N3O4S. The molecule has 0 spiro atoms. The minimum atomic E-state index is -3.69. The molecule has 0 amide bonds. The fourth-order valence-corrected chi connectivity index (χ4v) is 3.91. The van der Waals surface area contributed by atoms with Crippen molar-refractivity contribution < 1.29 is 8.42 Å². The summed E-state index contributed by atoms with van der Waals surface area (Å²) in [7, 11) is -0.772. The molecule has 0 saturated heterocycles. The zero-order chi connectivity index (χ0) is 16.3. The first-order valence-electron chi connectivity index (χ1n) is 6.88. The standard InChI is InChI=1S/C14H17N3O4S/c1-14(6-7-14)15-22(20,21)9-4-5-11-10(8-9)12(18)17(3)13(19)16(11)2/h4-5,8,15H,6-7H2,1-3H3. The minimum Gasteiger partial charge on any atom is -0.296 e. The Balaban J connectivity index is 2.23. The van der Waals surface area contributed by atoms with Crippen LogP contribution in [-0.2, 0) is 24.1 Å². The molecule has 22 heavy (non-hydrogen) atoms. The zero-order valence-corrected chi connectivity index (χ0v) is 13.4. The van der Waals surface area contributed by atoms with Crippen LogP contribution in [0.15, 0.2) is 32.7 Å². The second-order valence-electron chi connectivity index (χ2n) is 6.05. The smallest absolute Gasteiger partial charge is 0.296 e. The first kappa shape index (κ1) is 15.0. The second-order valence-corrected chi connectivity index (χ2v) is 7.73. The van der Waals surface area contributed by atoms with Crippen LogP contribution in [0, 0.1) is 0 Å². The first-order chi connectivity index (χ1) is 10.1. The zero-order valence-electron chi connectivity index (χ0n) is 12.6. The van der Waals surface area contributed by atoms with Crippen LogP contribution in [0.25, 0.3) is 10.9 Å². The van der Waals surface area contributed by atoms with Crippen LogP contribution >= 0.6 is 0 Å². The molecule has 1 heterocycles. The molecule has 0 radical (unpaired) electrons. The van der Waals surface area contributed by atoms with Crippen molar-refractivity contribution in [3.63, 3.8) is 0 Å². The molecule has 1 aliphatic rings. The van der Waals surface area contributed by atoms with Gasteiger partial charge in [0.2, 0.25) is 10.0 Å².